The average Bonchev–Trinajstić information content (AvgIpc) is 2.31. The Morgan fingerprint density at radius 2 is 2.00 bits per heavy atom. The molecule has 0 radical (unpaired) electrons. The van der Waals surface area contributed by atoms with Gasteiger partial charge in [-0.1, -0.05) is 0 Å². The molecule has 0 aromatic heterocycles. The lowest BCUT2D eigenvalue weighted by Crippen LogP contribution is -3.00. The summed E-state index contributed by atoms with van der Waals surface area (Å²) >= 11 is 0. The quantitative estimate of drug-likeness (QED) is 0.408. The fourth-order valence-electron chi connectivity index (χ4n) is 1.01. The smallest absolute Gasteiger partial charge is 0.196 e. The van der Waals surface area contributed by atoms with E-state index in [1.807, 2.05) is 26.6 Å². The number of hydrogen-bond acceptors (Lipinski definition) is 3. The van der Waals surface area contributed by atoms with E-state index in [2.05, 4.69) is 15.0 Å². The van der Waals surface area contributed by atoms with Crippen LogP contribution in [0.4, 0.5) is 0 Å². The maximum absolute atomic E-state index is 4.15. The molecular formula is C7H9BrN4. The number of rotatable bonds is 0. The van der Waals surface area contributed by atoms with Gasteiger partial charge in [0.15, 0.2) is 17.9 Å². The number of halogens is 1. The molecule has 2 heterocycles. The summed E-state index contributed by atoms with van der Waals surface area (Å²) in [7, 11) is 4.06. The van der Waals surface area contributed by atoms with Crippen LogP contribution in [-0.4, -0.2) is 37.1 Å². The van der Waals surface area contributed by atoms with Crippen molar-refractivity contribution in [2.24, 2.45) is 15.0 Å². The van der Waals surface area contributed by atoms with E-state index >= 15 is 0 Å². The first-order chi connectivity index (χ1) is 5.17. The second kappa shape index (κ2) is 2.91. The van der Waals surface area contributed by atoms with E-state index in [1.165, 1.54) is 6.34 Å². The number of amidine groups is 1. The van der Waals surface area contributed by atoms with Crippen molar-refractivity contribution in [1.82, 2.24) is 0 Å². The second-order valence-electron chi connectivity index (χ2n) is 3.09. The minimum atomic E-state index is 0. The van der Waals surface area contributed by atoms with Crippen LogP contribution < -0.4 is 17.0 Å². The maximum atomic E-state index is 4.15. The maximum Gasteiger partial charge on any atom is 0.196 e. The topological polar surface area (TPSA) is 37.1 Å². The van der Waals surface area contributed by atoms with Gasteiger partial charge in [-0.05, 0) is 0 Å². The standard InChI is InChI=1S/C7H9N4.BrH/c1-11(2)3-6-7(10-5-11)9-4-8-6;/h3-5H,1-2H3;1H/q+1;/p-1. The molecule has 0 aliphatic carbocycles. The van der Waals surface area contributed by atoms with E-state index in [1.54, 1.807) is 0 Å². The summed E-state index contributed by atoms with van der Waals surface area (Å²) < 4.78 is 0.631. The zero-order valence-electron chi connectivity index (χ0n) is 6.90. The van der Waals surface area contributed by atoms with Gasteiger partial charge in [-0.3, -0.25) is 4.48 Å². The summed E-state index contributed by atoms with van der Waals surface area (Å²) in [6, 6.07) is 0. The second-order valence-corrected chi connectivity index (χ2v) is 3.09. The lowest BCUT2D eigenvalue weighted by atomic mass is 10.4. The SMILES string of the molecule is C[N+]1(C)C=NC2=NC=NC2=C1.[Br-]. The van der Waals surface area contributed by atoms with E-state index in [0.29, 0.717) is 4.48 Å². The molecule has 0 fully saturated rings. The van der Waals surface area contributed by atoms with Gasteiger partial charge in [0.2, 0.25) is 0 Å². The highest BCUT2D eigenvalue weighted by molar-refractivity contribution is 6.09. The first kappa shape index (κ1) is 9.28. The van der Waals surface area contributed by atoms with Crippen LogP contribution >= 0.6 is 0 Å². The third-order valence-corrected chi connectivity index (χ3v) is 1.54. The molecule has 2 aliphatic rings. The zero-order valence-corrected chi connectivity index (χ0v) is 8.48. The van der Waals surface area contributed by atoms with Crippen LogP contribution in [0.25, 0.3) is 0 Å². The molecule has 0 saturated heterocycles. The van der Waals surface area contributed by atoms with E-state index < -0.39 is 0 Å². The molecular weight excluding hydrogens is 220 g/mol. The van der Waals surface area contributed by atoms with Crippen molar-refractivity contribution in [3.8, 4) is 0 Å². The predicted octanol–water partition coefficient (Wildman–Crippen LogP) is -2.61. The Labute approximate surface area is 81.4 Å². The van der Waals surface area contributed by atoms with Gasteiger partial charge in [0.25, 0.3) is 0 Å². The van der Waals surface area contributed by atoms with E-state index in [0.717, 1.165) is 11.5 Å². The lowest BCUT2D eigenvalue weighted by molar-refractivity contribution is -0.735. The van der Waals surface area contributed by atoms with Crippen LogP contribution in [-0.2, 0) is 0 Å². The third-order valence-electron chi connectivity index (χ3n) is 1.54. The molecule has 0 spiro atoms. The number of aliphatic imine (C=N–C) groups is 3. The summed E-state index contributed by atoms with van der Waals surface area (Å²) in [5.74, 6) is 0.724. The van der Waals surface area contributed by atoms with Crippen LogP contribution in [0.2, 0.25) is 0 Å². The predicted molar refractivity (Wildman–Crippen MR) is 44.6 cm³/mol. The number of hydrogen-bond donors (Lipinski definition) is 0. The zero-order chi connectivity index (χ0) is 7.90. The van der Waals surface area contributed by atoms with Crippen LogP contribution in [0.1, 0.15) is 0 Å². The first-order valence-electron chi connectivity index (χ1n) is 3.39. The molecule has 0 bridgehead atoms. The third kappa shape index (κ3) is 1.51. The van der Waals surface area contributed by atoms with Crippen molar-refractivity contribution >= 4 is 18.5 Å². The molecule has 0 aromatic rings. The van der Waals surface area contributed by atoms with Crippen LogP contribution in [0.15, 0.2) is 26.9 Å². The Morgan fingerprint density at radius 1 is 1.25 bits per heavy atom. The Kier molecular flexibility index (Phi) is 2.25. The van der Waals surface area contributed by atoms with Crippen LogP contribution in [0.5, 0.6) is 0 Å². The summed E-state index contributed by atoms with van der Waals surface area (Å²) in [5, 5.41) is 0. The van der Waals surface area contributed by atoms with Gasteiger partial charge >= 0.3 is 0 Å². The molecule has 12 heavy (non-hydrogen) atoms. The fourth-order valence-corrected chi connectivity index (χ4v) is 1.01. The van der Waals surface area contributed by atoms with Gasteiger partial charge < -0.3 is 17.0 Å². The molecule has 2 rings (SSSR count). The molecule has 4 nitrogen and oxygen atoms in total. The van der Waals surface area contributed by atoms with Gasteiger partial charge in [0.1, 0.15) is 12.5 Å². The molecule has 0 saturated carbocycles. The van der Waals surface area contributed by atoms with Crippen LogP contribution in [0.3, 0.4) is 0 Å². The first-order valence-corrected chi connectivity index (χ1v) is 3.39. The molecule has 0 amide bonds. The van der Waals surface area contributed by atoms with Crippen LogP contribution in [0, 0.1) is 0 Å². The molecule has 2 aliphatic heterocycles. The highest BCUT2D eigenvalue weighted by Gasteiger charge is 2.22. The van der Waals surface area contributed by atoms with E-state index in [4.69, 9.17) is 0 Å². The summed E-state index contributed by atoms with van der Waals surface area (Å²) in [6.07, 6.45) is 5.37. The molecule has 5 heteroatoms. The van der Waals surface area contributed by atoms with Crippen molar-refractivity contribution in [2.75, 3.05) is 14.1 Å². The summed E-state index contributed by atoms with van der Waals surface area (Å²) in [5.41, 5.74) is 0.873. The van der Waals surface area contributed by atoms with Gasteiger partial charge in [0.05, 0.1) is 14.1 Å². The Balaban J connectivity index is 0.000000720. The van der Waals surface area contributed by atoms with Crippen molar-refractivity contribution < 1.29 is 21.5 Å². The Hall–Kier alpha value is -0.810. The minimum Gasteiger partial charge on any atom is -1.00 e. The van der Waals surface area contributed by atoms with Gasteiger partial charge in [-0.25, -0.2) is 9.98 Å². The van der Waals surface area contributed by atoms with Crippen molar-refractivity contribution in [3.05, 3.63) is 11.9 Å². The van der Waals surface area contributed by atoms with E-state index in [9.17, 15) is 0 Å². The summed E-state index contributed by atoms with van der Waals surface area (Å²) in [4.78, 5) is 12.2. The van der Waals surface area contributed by atoms with Crippen molar-refractivity contribution in [3.63, 3.8) is 0 Å². The van der Waals surface area contributed by atoms with Gasteiger partial charge in [0, 0.05) is 0 Å². The molecule has 0 unspecified atom stereocenters. The molecule has 0 N–H and O–H groups in total. The normalized spacial score (nSPS) is 22.5. The number of quaternary nitrogens is 1. The van der Waals surface area contributed by atoms with Crippen molar-refractivity contribution in [1.29, 1.82) is 0 Å². The largest absolute Gasteiger partial charge is 1.00 e. The molecule has 0 atom stereocenters. The van der Waals surface area contributed by atoms with E-state index in [-0.39, 0.29) is 17.0 Å². The van der Waals surface area contributed by atoms with Crippen molar-refractivity contribution in [2.45, 2.75) is 0 Å². The fraction of sp³-hybridized carbons (Fsp3) is 0.286. The minimum absolute atomic E-state index is 0. The van der Waals surface area contributed by atoms with Gasteiger partial charge in [-0.15, -0.1) is 0 Å². The average molecular weight is 229 g/mol. The Morgan fingerprint density at radius 3 is 2.75 bits per heavy atom. The highest BCUT2D eigenvalue weighted by Crippen LogP contribution is 2.14. The lowest BCUT2D eigenvalue weighted by Gasteiger charge is -2.20. The number of nitrogens with zero attached hydrogens (tertiary/aromatic N) is 4. The monoisotopic (exact) mass is 228 g/mol. The van der Waals surface area contributed by atoms with Gasteiger partial charge in [-0.2, -0.15) is 4.99 Å². The number of fused-ring (bicyclic) bond motifs is 1. The molecule has 64 valence electrons. The highest BCUT2D eigenvalue weighted by atomic mass is 79.9. The molecule has 0 aromatic carbocycles. The summed E-state index contributed by atoms with van der Waals surface area (Å²) in [6.45, 7) is 0. The Bertz CT molecular complexity index is 311.